The topological polar surface area (TPSA) is 68.3 Å². The van der Waals surface area contributed by atoms with Gasteiger partial charge >= 0.3 is 0 Å². The molecule has 3 N–H and O–H groups in total. The number of amides is 1. The molecule has 1 heterocycles. The average molecular weight is 250 g/mol. The Bertz CT molecular complexity index is 392. The van der Waals surface area contributed by atoms with Crippen molar-refractivity contribution < 1.29 is 9.21 Å². The number of hydrogen-bond donors (Lipinski definition) is 2. The molecule has 18 heavy (non-hydrogen) atoms. The molecular formula is C14H22N2O2. The summed E-state index contributed by atoms with van der Waals surface area (Å²) in [6.45, 7) is 2.85. The van der Waals surface area contributed by atoms with Crippen LogP contribution in [0.2, 0.25) is 0 Å². The zero-order chi connectivity index (χ0) is 13.0. The van der Waals surface area contributed by atoms with Crippen LogP contribution >= 0.6 is 0 Å². The number of carbonyl (C=O) groups excluding carboxylic acids is 1. The number of primary amides is 1. The molecule has 0 saturated heterocycles. The molecule has 1 amide bonds. The Labute approximate surface area is 108 Å². The maximum atomic E-state index is 11.1. The Morgan fingerprint density at radius 2 is 2.00 bits per heavy atom. The molecule has 2 rings (SSSR count). The molecule has 1 fully saturated rings. The molecule has 1 aliphatic carbocycles. The molecule has 0 unspecified atom stereocenters. The zero-order valence-corrected chi connectivity index (χ0v) is 10.9. The van der Waals surface area contributed by atoms with Crippen molar-refractivity contribution >= 4 is 5.91 Å². The quantitative estimate of drug-likeness (QED) is 0.839. The maximum absolute atomic E-state index is 11.1. The first kappa shape index (κ1) is 13.1. The molecule has 1 aromatic rings. The second-order valence-electron chi connectivity index (χ2n) is 5.05. The normalized spacial score (nSPS) is 24.1. The van der Waals surface area contributed by atoms with Gasteiger partial charge in [-0.3, -0.25) is 4.79 Å². The van der Waals surface area contributed by atoms with Gasteiger partial charge in [-0.15, -0.1) is 0 Å². The van der Waals surface area contributed by atoms with Crippen LogP contribution < -0.4 is 11.1 Å². The summed E-state index contributed by atoms with van der Waals surface area (Å²) >= 11 is 0. The third kappa shape index (κ3) is 3.35. The highest BCUT2D eigenvalue weighted by Crippen LogP contribution is 2.24. The monoisotopic (exact) mass is 250 g/mol. The van der Waals surface area contributed by atoms with Crippen LogP contribution in [0, 0.1) is 5.92 Å². The van der Waals surface area contributed by atoms with Gasteiger partial charge in [0, 0.05) is 18.4 Å². The molecule has 1 saturated carbocycles. The average Bonchev–Trinajstić information content (AvgIpc) is 2.85. The van der Waals surface area contributed by atoms with Crippen LogP contribution in [0.25, 0.3) is 0 Å². The van der Waals surface area contributed by atoms with Crippen LogP contribution in [0.3, 0.4) is 0 Å². The third-order valence-electron chi connectivity index (χ3n) is 3.76. The van der Waals surface area contributed by atoms with Gasteiger partial charge < -0.3 is 15.5 Å². The van der Waals surface area contributed by atoms with E-state index in [0.29, 0.717) is 6.04 Å². The van der Waals surface area contributed by atoms with Crippen molar-refractivity contribution in [1.82, 2.24) is 5.32 Å². The molecule has 1 aromatic heterocycles. The molecule has 0 atom stereocenters. The van der Waals surface area contributed by atoms with Crippen LogP contribution in [-0.2, 0) is 17.8 Å². The fraction of sp³-hybridized carbons (Fsp3) is 0.643. The highest BCUT2D eigenvalue weighted by Gasteiger charge is 2.24. The Hall–Kier alpha value is -1.29. The fourth-order valence-electron chi connectivity index (χ4n) is 2.53. The minimum absolute atomic E-state index is 0.0818. The third-order valence-corrected chi connectivity index (χ3v) is 3.76. The highest BCUT2D eigenvalue weighted by molar-refractivity contribution is 5.76. The van der Waals surface area contributed by atoms with Crippen molar-refractivity contribution in [1.29, 1.82) is 0 Å². The van der Waals surface area contributed by atoms with E-state index in [0.717, 1.165) is 50.2 Å². The van der Waals surface area contributed by atoms with E-state index >= 15 is 0 Å². The number of furan rings is 1. The number of nitrogens with two attached hydrogens (primary N) is 1. The summed E-state index contributed by atoms with van der Waals surface area (Å²) in [5, 5.41) is 3.49. The van der Waals surface area contributed by atoms with Crippen molar-refractivity contribution in [3.63, 3.8) is 0 Å². The van der Waals surface area contributed by atoms with Crippen molar-refractivity contribution in [3.05, 3.63) is 23.7 Å². The molecule has 0 aliphatic heterocycles. The maximum Gasteiger partial charge on any atom is 0.220 e. The number of carbonyl (C=O) groups is 1. The number of rotatable bonds is 5. The van der Waals surface area contributed by atoms with Crippen LogP contribution in [-0.4, -0.2) is 11.9 Å². The smallest absolute Gasteiger partial charge is 0.220 e. The lowest BCUT2D eigenvalue weighted by molar-refractivity contribution is -0.122. The van der Waals surface area contributed by atoms with Crippen molar-refractivity contribution in [3.8, 4) is 0 Å². The van der Waals surface area contributed by atoms with Gasteiger partial charge in [0.05, 0.1) is 6.54 Å². The number of nitrogens with one attached hydrogen (secondary N) is 1. The molecule has 0 spiro atoms. The summed E-state index contributed by atoms with van der Waals surface area (Å²) in [6, 6.07) is 4.54. The summed E-state index contributed by atoms with van der Waals surface area (Å²) in [4.78, 5) is 11.1. The lowest BCUT2D eigenvalue weighted by Crippen LogP contribution is -2.36. The van der Waals surface area contributed by atoms with Gasteiger partial charge in [0.1, 0.15) is 11.5 Å². The molecule has 0 radical (unpaired) electrons. The molecule has 0 aromatic carbocycles. The molecule has 4 heteroatoms. The summed E-state index contributed by atoms with van der Waals surface area (Å²) in [6.07, 6.45) is 4.80. The second kappa shape index (κ2) is 6.05. The van der Waals surface area contributed by atoms with Gasteiger partial charge in [0.25, 0.3) is 0 Å². The first-order valence-electron chi connectivity index (χ1n) is 6.79. The van der Waals surface area contributed by atoms with Gasteiger partial charge in [0.2, 0.25) is 5.91 Å². The minimum Gasteiger partial charge on any atom is -0.465 e. The van der Waals surface area contributed by atoms with Crippen molar-refractivity contribution in [2.45, 2.75) is 51.6 Å². The van der Waals surface area contributed by atoms with E-state index in [9.17, 15) is 4.79 Å². The Kier molecular flexibility index (Phi) is 4.42. The molecular weight excluding hydrogens is 228 g/mol. The van der Waals surface area contributed by atoms with Crippen LogP contribution in [0.1, 0.15) is 44.1 Å². The largest absolute Gasteiger partial charge is 0.465 e. The highest BCUT2D eigenvalue weighted by atomic mass is 16.3. The van der Waals surface area contributed by atoms with E-state index in [1.54, 1.807) is 0 Å². The standard InChI is InChI=1S/C14H22N2O2/c1-2-12-7-8-13(18-12)9-16-11-5-3-10(4-6-11)14(15)17/h7-8,10-11,16H,2-6,9H2,1H3,(H2,15,17). The lowest BCUT2D eigenvalue weighted by atomic mass is 9.85. The van der Waals surface area contributed by atoms with Gasteiger partial charge in [-0.25, -0.2) is 0 Å². The first-order valence-corrected chi connectivity index (χ1v) is 6.79. The lowest BCUT2D eigenvalue weighted by Gasteiger charge is -2.27. The van der Waals surface area contributed by atoms with E-state index in [1.165, 1.54) is 0 Å². The van der Waals surface area contributed by atoms with E-state index in [-0.39, 0.29) is 11.8 Å². The van der Waals surface area contributed by atoms with Crippen LogP contribution in [0.15, 0.2) is 16.5 Å². The van der Waals surface area contributed by atoms with Crippen molar-refractivity contribution in [2.24, 2.45) is 11.7 Å². The van der Waals surface area contributed by atoms with E-state index in [2.05, 4.69) is 12.2 Å². The SMILES string of the molecule is CCc1ccc(CNC2CCC(C(N)=O)CC2)o1. The van der Waals surface area contributed by atoms with E-state index < -0.39 is 0 Å². The van der Waals surface area contributed by atoms with E-state index in [1.807, 2.05) is 12.1 Å². The van der Waals surface area contributed by atoms with Gasteiger partial charge in [-0.2, -0.15) is 0 Å². The number of hydrogen-bond acceptors (Lipinski definition) is 3. The molecule has 100 valence electrons. The van der Waals surface area contributed by atoms with Crippen LogP contribution in [0.4, 0.5) is 0 Å². The predicted octanol–water partition coefficient (Wildman–Crippen LogP) is 1.98. The molecule has 1 aliphatic rings. The fourth-order valence-corrected chi connectivity index (χ4v) is 2.53. The van der Waals surface area contributed by atoms with Gasteiger partial charge in [-0.05, 0) is 37.8 Å². The molecule has 0 bridgehead atoms. The zero-order valence-electron chi connectivity index (χ0n) is 10.9. The Balaban J connectivity index is 1.73. The summed E-state index contributed by atoms with van der Waals surface area (Å²) in [5.74, 6) is 1.96. The second-order valence-corrected chi connectivity index (χ2v) is 5.05. The summed E-state index contributed by atoms with van der Waals surface area (Å²) < 4.78 is 5.65. The summed E-state index contributed by atoms with van der Waals surface area (Å²) in [5.41, 5.74) is 5.32. The van der Waals surface area contributed by atoms with Crippen LogP contribution in [0.5, 0.6) is 0 Å². The first-order chi connectivity index (χ1) is 8.69. The Morgan fingerprint density at radius 1 is 1.33 bits per heavy atom. The Morgan fingerprint density at radius 3 is 2.56 bits per heavy atom. The van der Waals surface area contributed by atoms with Gasteiger partial charge in [-0.1, -0.05) is 6.92 Å². The van der Waals surface area contributed by atoms with E-state index in [4.69, 9.17) is 10.2 Å². The summed E-state index contributed by atoms with van der Waals surface area (Å²) in [7, 11) is 0. The van der Waals surface area contributed by atoms with Gasteiger partial charge in [0.15, 0.2) is 0 Å². The minimum atomic E-state index is -0.146. The number of aryl methyl sites for hydroxylation is 1. The molecule has 4 nitrogen and oxygen atoms in total. The van der Waals surface area contributed by atoms with Crippen molar-refractivity contribution in [2.75, 3.05) is 0 Å². The predicted molar refractivity (Wildman–Crippen MR) is 69.9 cm³/mol.